The molecule has 0 radical (unpaired) electrons. The standard InChI is InChI=1S/C9H16O4.C5H12O2/c10-8(11)6-4-2-1-3-5-7-9(12)13;1-5(2,3-6)4-7/h1-7H2,(H,10,11)(H,12,13);6-7H,3-4H2,1-2H3. The molecular weight excluding hydrogens is 264 g/mol. The maximum absolute atomic E-state index is 10.1. The molecule has 0 aliphatic heterocycles. The zero-order valence-electron chi connectivity index (χ0n) is 12.5. The molecule has 0 heterocycles. The van der Waals surface area contributed by atoms with E-state index in [1.54, 1.807) is 13.8 Å². The van der Waals surface area contributed by atoms with E-state index in [2.05, 4.69) is 0 Å². The lowest BCUT2D eigenvalue weighted by atomic mass is 9.97. The molecule has 0 aromatic carbocycles. The van der Waals surface area contributed by atoms with Crippen LogP contribution in [0, 0.1) is 5.41 Å². The summed E-state index contributed by atoms with van der Waals surface area (Å²) >= 11 is 0. The third-order valence-corrected chi connectivity index (χ3v) is 2.64. The van der Waals surface area contributed by atoms with Gasteiger partial charge in [0, 0.05) is 18.3 Å². The Morgan fingerprint density at radius 1 is 0.750 bits per heavy atom. The van der Waals surface area contributed by atoms with Crippen molar-refractivity contribution in [2.75, 3.05) is 13.2 Å². The zero-order chi connectivity index (χ0) is 16.0. The number of carboxylic acid groups (broad SMARTS) is 2. The van der Waals surface area contributed by atoms with Gasteiger partial charge in [-0.25, -0.2) is 0 Å². The number of hydrogen-bond donors (Lipinski definition) is 4. The molecule has 6 nitrogen and oxygen atoms in total. The van der Waals surface area contributed by atoms with Crippen molar-refractivity contribution in [1.82, 2.24) is 0 Å². The summed E-state index contributed by atoms with van der Waals surface area (Å²) in [7, 11) is 0. The molecule has 0 bridgehead atoms. The minimum atomic E-state index is -0.759. The first kappa shape index (κ1) is 21.2. The van der Waals surface area contributed by atoms with Crippen LogP contribution in [0.15, 0.2) is 0 Å². The number of aliphatic hydroxyl groups is 2. The number of rotatable bonds is 10. The maximum Gasteiger partial charge on any atom is 0.303 e. The first-order valence-electron chi connectivity index (χ1n) is 6.90. The summed E-state index contributed by atoms with van der Waals surface area (Å²) < 4.78 is 0. The molecular formula is C14H28O6. The van der Waals surface area contributed by atoms with Crippen LogP contribution in [-0.2, 0) is 9.59 Å². The van der Waals surface area contributed by atoms with Crippen LogP contribution < -0.4 is 0 Å². The molecule has 0 rings (SSSR count). The summed E-state index contributed by atoms with van der Waals surface area (Å²) in [5.74, 6) is -1.52. The Morgan fingerprint density at radius 2 is 1.05 bits per heavy atom. The van der Waals surface area contributed by atoms with E-state index in [4.69, 9.17) is 20.4 Å². The predicted octanol–water partition coefficient (Wildman–Crippen LogP) is 1.88. The van der Waals surface area contributed by atoms with Gasteiger partial charge in [0.2, 0.25) is 0 Å². The van der Waals surface area contributed by atoms with Gasteiger partial charge in [-0.3, -0.25) is 9.59 Å². The average molecular weight is 292 g/mol. The summed E-state index contributed by atoms with van der Waals surface area (Å²) in [4.78, 5) is 20.2. The van der Waals surface area contributed by atoms with Crippen molar-refractivity contribution in [2.45, 2.75) is 58.8 Å². The molecule has 0 fully saturated rings. The molecule has 4 N–H and O–H groups in total. The molecule has 0 aliphatic rings. The van der Waals surface area contributed by atoms with Crippen molar-refractivity contribution in [2.24, 2.45) is 5.41 Å². The normalized spacial score (nSPS) is 10.6. The largest absolute Gasteiger partial charge is 0.481 e. The SMILES string of the molecule is CC(C)(CO)CO.O=C(O)CCCCCCCC(=O)O. The van der Waals surface area contributed by atoms with Crippen molar-refractivity contribution in [3.8, 4) is 0 Å². The highest BCUT2D eigenvalue weighted by Gasteiger charge is 2.13. The van der Waals surface area contributed by atoms with Crippen molar-refractivity contribution < 1.29 is 30.0 Å². The number of carbonyl (C=O) groups is 2. The molecule has 0 amide bonds. The van der Waals surface area contributed by atoms with Crippen LogP contribution in [-0.4, -0.2) is 45.6 Å². The van der Waals surface area contributed by atoms with Crippen LogP contribution in [0.4, 0.5) is 0 Å². The highest BCUT2D eigenvalue weighted by atomic mass is 16.4. The molecule has 0 unspecified atom stereocenters. The third kappa shape index (κ3) is 19.2. The van der Waals surface area contributed by atoms with E-state index in [0.29, 0.717) is 12.8 Å². The topological polar surface area (TPSA) is 115 Å². The Morgan fingerprint density at radius 3 is 1.25 bits per heavy atom. The van der Waals surface area contributed by atoms with Gasteiger partial charge in [-0.05, 0) is 12.8 Å². The Kier molecular flexibility index (Phi) is 13.6. The summed E-state index contributed by atoms with van der Waals surface area (Å²) in [5, 5.41) is 33.5. The van der Waals surface area contributed by atoms with Crippen LogP contribution >= 0.6 is 0 Å². The van der Waals surface area contributed by atoms with Gasteiger partial charge in [-0.2, -0.15) is 0 Å². The molecule has 0 atom stereocenters. The molecule has 0 aromatic heterocycles. The van der Waals surface area contributed by atoms with Crippen molar-refractivity contribution in [3.63, 3.8) is 0 Å². The average Bonchev–Trinajstić information content (AvgIpc) is 2.37. The molecule has 0 aliphatic carbocycles. The number of aliphatic carboxylic acids is 2. The van der Waals surface area contributed by atoms with Gasteiger partial charge >= 0.3 is 11.9 Å². The van der Waals surface area contributed by atoms with Crippen LogP contribution in [0.3, 0.4) is 0 Å². The van der Waals surface area contributed by atoms with Crippen LogP contribution in [0.5, 0.6) is 0 Å². The molecule has 0 spiro atoms. The lowest BCUT2D eigenvalue weighted by molar-refractivity contribution is -0.138. The van der Waals surface area contributed by atoms with E-state index in [-0.39, 0.29) is 31.5 Å². The van der Waals surface area contributed by atoms with Crippen LogP contribution in [0.1, 0.15) is 58.8 Å². The Balaban J connectivity index is 0. The number of carboxylic acids is 2. The quantitative estimate of drug-likeness (QED) is 0.457. The maximum atomic E-state index is 10.1. The molecule has 6 heteroatoms. The predicted molar refractivity (Wildman–Crippen MR) is 75.5 cm³/mol. The summed E-state index contributed by atoms with van der Waals surface area (Å²) in [6.45, 7) is 3.69. The second kappa shape index (κ2) is 12.9. The zero-order valence-corrected chi connectivity index (χ0v) is 12.5. The molecule has 120 valence electrons. The minimum Gasteiger partial charge on any atom is -0.481 e. The second-order valence-electron chi connectivity index (χ2n) is 5.54. The van der Waals surface area contributed by atoms with Crippen molar-refractivity contribution in [1.29, 1.82) is 0 Å². The lowest BCUT2D eigenvalue weighted by Crippen LogP contribution is -2.20. The Labute approximate surface area is 120 Å². The van der Waals surface area contributed by atoms with Crippen molar-refractivity contribution >= 4 is 11.9 Å². The van der Waals surface area contributed by atoms with Gasteiger partial charge in [-0.1, -0.05) is 33.1 Å². The summed E-state index contributed by atoms with van der Waals surface area (Å²) in [5.41, 5.74) is -0.306. The Bertz CT molecular complexity index is 238. The third-order valence-electron chi connectivity index (χ3n) is 2.64. The number of unbranched alkanes of at least 4 members (excludes halogenated alkanes) is 4. The van der Waals surface area contributed by atoms with E-state index in [1.807, 2.05) is 0 Å². The molecule has 0 saturated heterocycles. The first-order valence-corrected chi connectivity index (χ1v) is 6.90. The number of hydrogen-bond acceptors (Lipinski definition) is 4. The van der Waals surface area contributed by atoms with Gasteiger partial charge in [0.15, 0.2) is 0 Å². The van der Waals surface area contributed by atoms with E-state index >= 15 is 0 Å². The molecule has 20 heavy (non-hydrogen) atoms. The van der Waals surface area contributed by atoms with Gasteiger partial charge in [0.25, 0.3) is 0 Å². The molecule has 0 saturated carbocycles. The van der Waals surface area contributed by atoms with E-state index < -0.39 is 11.9 Å². The van der Waals surface area contributed by atoms with E-state index in [1.165, 1.54) is 0 Å². The van der Waals surface area contributed by atoms with Gasteiger partial charge in [0.1, 0.15) is 0 Å². The first-order chi connectivity index (χ1) is 9.25. The van der Waals surface area contributed by atoms with Gasteiger partial charge < -0.3 is 20.4 Å². The fourth-order valence-corrected chi connectivity index (χ4v) is 1.13. The van der Waals surface area contributed by atoms with Crippen LogP contribution in [0.25, 0.3) is 0 Å². The van der Waals surface area contributed by atoms with E-state index in [0.717, 1.165) is 19.3 Å². The summed E-state index contributed by atoms with van der Waals surface area (Å²) in [6.07, 6.45) is 4.53. The smallest absolute Gasteiger partial charge is 0.303 e. The monoisotopic (exact) mass is 292 g/mol. The van der Waals surface area contributed by atoms with Gasteiger partial charge in [0.05, 0.1) is 13.2 Å². The minimum absolute atomic E-state index is 0.0451. The van der Waals surface area contributed by atoms with Crippen LogP contribution in [0.2, 0.25) is 0 Å². The fraction of sp³-hybridized carbons (Fsp3) is 0.857. The lowest BCUT2D eigenvalue weighted by Gasteiger charge is -2.16. The highest BCUT2D eigenvalue weighted by molar-refractivity contribution is 5.66. The number of aliphatic hydroxyl groups excluding tert-OH is 2. The van der Waals surface area contributed by atoms with Gasteiger partial charge in [-0.15, -0.1) is 0 Å². The summed E-state index contributed by atoms with van der Waals surface area (Å²) in [6, 6.07) is 0. The van der Waals surface area contributed by atoms with Crippen molar-refractivity contribution in [3.05, 3.63) is 0 Å². The Hall–Kier alpha value is -1.14. The fourth-order valence-electron chi connectivity index (χ4n) is 1.13. The second-order valence-corrected chi connectivity index (χ2v) is 5.54. The molecule has 0 aromatic rings. The highest BCUT2D eigenvalue weighted by Crippen LogP contribution is 2.10. The van der Waals surface area contributed by atoms with E-state index in [9.17, 15) is 9.59 Å².